The van der Waals surface area contributed by atoms with Gasteiger partial charge < -0.3 is 15.4 Å². The first kappa shape index (κ1) is 15.1. The highest BCUT2D eigenvalue weighted by molar-refractivity contribution is 7.12. The Kier molecular flexibility index (Phi) is 4.94. The summed E-state index contributed by atoms with van der Waals surface area (Å²) in [5, 5.41) is 7.40. The molecule has 0 spiro atoms. The maximum Gasteiger partial charge on any atom is 0.261 e. The molecule has 1 heterocycles. The zero-order valence-electron chi connectivity index (χ0n) is 11.8. The Bertz CT molecular complexity index is 638. The van der Waals surface area contributed by atoms with Crippen molar-refractivity contribution >= 4 is 28.8 Å². The number of ether oxygens (including phenoxy) is 1. The first-order valence-electron chi connectivity index (χ1n) is 6.36. The van der Waals surface area contributed by atoms with Crippen LogP contribution in [0.1, 0.15) is 22.2 Å². The van der Waals surface area contributed by atoms with Gasteiger partial charge in [-0.2, -0.15) is 0 Å². The minimum Gasteiger partial charge on any atom is -0.495 e. The number of benzene rings is 1. The molecule has 0 unspecified atom stereocenters. The van der Waals surface area contributed by atoms with Crippen LogP contribution in [0.3, 0.4) is 0 Å². The topological polar surface area (TPSA) is 67.4 Å². The fourth-order valence-electron chi connectivity index (χ4n) is 1.83. The molecule has 0 aliphatic rings. The van der Waals surface area contributed by atoms with Gasteiger partial charge in [0.1, 0.15) is 5.75 Å². The van der Waals surface area contributed by atoms with E-state index in [1.54, 1.807) is 25.3 Å². The van der Waals surface area contributed by atoms with Crippen molar-refractivity contribution in [3.8, 4) is 5.75 Å². The molecule has 0 saturated heterocycles. The minimum absolute atomic E-state index is 0.109. The van der Waals surface area contributed by atoms with Crippen molar-refractivity contribution in [2.45, 2.75) is 13.5 Å². The lowest BCUT2D eigenvalue weighted by Crippen LogP contribution is -2.21. The molecule has 2 aromatic rings. The Morgan fingerprint density at radius 2 is 2.10 bits per heavy atom. The molecular weight excluding hydrogens is 288 g/mol. The number of methoxy groups -OCH3 is 1. The van der Waals surface area contributed by atoms with Crippen LogP contribution in [-0.4, -0.2) is 18.9 Å². The van der Waals surface area contributed by atoms with Gasteiger partial charge >= 0.3 is 0 Å². The third-order valence-electron chi connectivity index (χ3n) is 2.77. The number of anilines is 1. The zero-order valence-corrected chi connectivity index (χ0v) is 12.6. The van der Waals surface area contributed by atoms with Crippen molar-refractivity contribution in [3.63, 3.8) is 0 Å². The molecule has 0 radical (unpaired) electrons. The molecule has 1 aromatic carbocycles. The number of amides is 2. The number of carbonyl (C=O) groups is 2. The van der Waals surface area contributed by atoms with Crippen LogP contribution in [0.5, 0.6) is 5.75 Å². The summed E-state index contributed by atoms with van der Waals surface area (Å²) in [4.78, 5) is 23.7. The van der Waals surface area contributed by atoms with Crippen LogP contribution in [0.25, 0.3) is 0 Å². The highest BCUT2D eigenvalue weighted by Crippen LogP contribution is 2.25. The van der Waals surface area contributed by atoms with Gasteiger partial charge in [-0.15, -0.1) is 11.3 Å². The van der Waals surface area contributed by atoms with Crippen molar-refractivity contribution in [2.24, 2.45) is 0 Å². The summed E-state index contributed by atoms with van der Waals surface area (Å²) in [7, 11) is 1.54. The number of thiophene rings is 1. The summed E-state index contributed by atoms with van der Waals surface area (Å²) in [6.45, 7) is 1.82. The van der Waals surface area contributed by atoms with E-state index in [0.717, 1.165) is 5.56 Å². The third kappa shape index (κ3) is 4.06. The molecule has 1 aromatic heterocycles. The largest absolute Gasteiger partial charge is 0.495 e. The summed E-state index contributed by atoms with van der Waals surface area (Å²) >= 11 is 1.39. The molecule has 6 heteroatoms. The number of hydrogen-bond donors (Lipinski definition) is 2. The summed E-state index contributed by atoms with van der Waals surface area (Å²) in [6, 6.07) is 9.00. The summed E-state index contributed by atoms with van der Waals surface area (Å²) < 4.78 is 5.19. The molecule has 2 amide bonds. The van der Waals surface area contributed by atoms with Gasteiger partial charge in [0.25, 0.3) is 5.91 Å². The first-order chi connectivity index (χ1) is 10.1. The van der Waals surface area contributed by atoms with Gasteiger partial charge in [-0.1, -0.05) is 12.1 Å². The SMILES string of the molecule is COc1ccc(CNC(=O)c2cccs2)cc1NC(C)=O. The van der Waals surface area contributed by atoms with Crippen molar-refractivity contribution in [1.29, 1.82) is 0 Å². The molecule has 0 aliphatic heterocycles. The number of nitrogens with one attached hydrogen (secondary N) is 2. The summed E-state index contributed by atoms with van der Waals surface area (Å²) in [6.07, 6.45) is 0. The van der Waals surface area contributed by atoms with E-state index >= 15 is 0 Å². The molecule has 0 aliphatic carbocycles. The van der Waals surface area contributed by atoms with Crippen molar-refractivity contribution < 1.29 is 14.3 Å². The van der Waals surface area contributed by atoms with Gasteiger partial charge in [-0.3, -0.25) is 9.59 Å². The maximum atomic E-state index is 11.9. The van der Waals surface area contributed by atoms with Gasteiger partial charge in [0.15, 0.2) is 0 Å². The molecule has 2 N–H and O–H groups in total. The van der Waals surface area contributed by atoms with E-state index in [1.807, 2.05) is 17.5 Å². The van der Waals surface area contributed by atoms with Crippen LogP contribution < -0.4 is 15.4 Å². The van der Waals surface area contributed by atoms with Gasteiger partial charge in [-0.05, 0) is 29.1 Å². The van der Waals surface area contributed by atoms with Crippen molar-refractivity contribution in [2.75, 3.05) is 12.4 Å². The second-order valence-electron chi connectivity index (χ2n) is 4.38. The molecule has 0 atom stereocenters. The van der Waals surface area contributed by atoms with Crippen LogP contribution in [0.2, 0.25) is 0 Å². The van der Waals surface area contributed by atoms with E-state index in [0.29, 0.717) is 22.9 Å². The Labute approximate surface area is 126 Å². The normalized spacial score (nSPS) is 10.0. The molecule has 110 valence electrons. The molecular formula is C15H16N2O3S. The molecule has 0 bridgehead atoms. The van der Waals surface area contributed by atoms with Crippen LogP contribution in [0.15, 0.2) is 35.7 Å². The van der Waals surface area contributed by atoms with Gasteiger partial charge in [0.2, 0.25) is 5.91 Å². The zero-order chi connectivity index (χ0) is 15.2. The third-order valence-corrected chi connectivity index (χ3v) is 3.64. The van der Waals surface area contributed by atoms with Crippen LogP contribution in [-0.2, 0) is 11.3 Å². The molecule has 2 rings (SSSR count). The van der Waals surface area contributed by atoms with Gasteiger partial charge in [-0.25, -0.2) is 0 Å². The number of carbonyl (C=O) groups excluding carboxylic acids is 2. The quantitative estimate of drug-likeness (QED) is 0.892. The summed E-state index contributed by atoms with van der Waals surface area (Å²) in [5.41, 5.74) is 1.47. The lowest BCUT2D eigenvalue weighted by Gasteiger charge is -2.11. The van der Waals surface area contributed by atoms with E-state index in [1.165, 1.54) is 18.3 Å². The monoisotopic (exact) mass is 304 g/mol. The van der Waals surface area contributed by atoms with Gasteiger partial charge in [0, 0.05) is 13.5 Å². The number of rotatable bonds is 5. The number of hydrogen-bond acceptors (Lipinski definition) is 4. The molecule has 0 saturated carbocycles. The van der Waals surface area contributed by atoms with Gasteiger partial charge in [0.05, 0.1) is 17.7 Å². The van der Waals surface area contributed by atoms with E-state index in [2.05, 4.69) is 10.6 Å². The van der Waals surface area contributed by atoms with E-state index in [9.17, 15) is 9.59 Å². The van der Waals surface area contributed by atoms with Crippen LogP contribution in [0, 0.1) is 0 Å². The average molecular weight is 304 g/mol. The van der Waals surface area contributed by atoms with Crippen molar-refractivity contribution in [1.82, 2.24) is 5.32 Å². The lowest BCUT2D eigenvalue weighted by atomic mass is 10.1. The van der Waals surface area contributed by atoms with Crippen molar-refractivity contribution in [3.05, 3.63) is 46.2 Å². The fourth-order valence-corrected chi connectivity index (χ4v) is 2.47. The Morgan fingerprint density at radius 3 is 2.71 bits per heavy atom. The van der Waals surface area contributed by atoms with E-state index in [4.69, 9.17) is 4.74 Å². The lowest BCUT2D eigenvalue weighted by molar-refractivity contribution is -0.114. The Hall–Kier alpha value is -2.34. The second-order valence-corrected chi connectivity index (χ2v) is 5.32. The summed E-state index contributed by atoms with van der Waals surface area (Å²) in [5.74, 6) is 0.300. The smallest absolute Gasteiger partial charge is 0.261 e. The minimum atomic E-state index is -0.173. The van der Waals surface area contributed by atoms with Crippen LogP contribution >= 0.6 is 11.3 Å². The highest BCUT2D eigenvalue weighted by Gasteiger charge is 2.08. The molecule has 0 fully saturated rings. The average Bonchev–Trinajstić information content (AvgIpc) is 2.98. The predicted octanol–water partition coefficient (Wildman–Crippen LogP) is 2.65. The predicted molar refractivity (Wildman–Crippen MR) is 82.8 cm³/mol. The maximum absolute atomic E-state index is 11.9. The van der Waals surface area contributed by atoms with Crippen LogP contribution in [0.4, 0.5) is 5.69 Å². The molecule has 5 nitrogen and oxygen atoms in total. The highest BCUT2D eigenvalue weighted by atomic mass is 32.1. The standard InChI is InChI=1S/C15H16N2O3S/c1-10(18)17-12-8-11(5-6-13(12)20-2)9-16-15(19)14-4-3-7-21-14/h3-8H,9H2,1-2H3,(H,16,19)(H,17,18). The van der Waals surface area contributed by atoms with E-state index in [-0.39, 0.29) is 11.8 Å². The molecule has 21 heavy (non-hydrogen) atoms. The second kappa shape index (κ2) is 6.90. The fraction of sp³-hybridized carbons (Fsp3) is 0.200. The Morgan fingerprint density at radius 1 is 1.29 bits per heavy atom. The first-order valence-corrected chi connectivity index (χ1v) is 7.24. The van der Waals surface area contributed by atoms with E-state index < -0.39 is 0 Å². The Balaban J connectivity index is 2.06.